The lowest BCUT2D eigenvalue weighted by atomic mass is 9.96. The van der Waals surface area contributed by atoms with Crippen LogP contribution in [0.3, 0.4) is 0 Å². The van der Waals surface area contributed by atoms with Crippen molar-refractivity contribution in [3.8, 4) is 0 Å². The number of hydrogen-bond donors (Lipinski definition) is 1. The largest absolute Gasteiger partial charge is 0.368 e. The van der Waals surface area contributed by atoms with Gasteiger partial charge in [0.1, 0.15) is 6.10 Å². The number of rotatable bonds is 5. The van der Waals surface area contributed by atoms with E-state index in [1.807, 2.05) is 4.90 Å². The second-order valence-electron chi connectivity index (χ2n) is 7.43. The van der Waals surface area contributed by atoms with E-state index < -0.39 is 0 Å². The zero-order chi connectivity index (χ0) is 16.1. The standard InChI is InChI=1S/C18H30N2O3/c21-17(12-14-4-1-2-5-14)19-13-15-7-9-20(10-8-15)18(22)16-6-3-11-23-16/h14-16H,1-13H2,(H,19,21)/t16-/m1/s1. The number of ether oxygens (including phenoxy) is 1. The van der Waals surface area contributed by atoms with Crippen LogP contribution in [0.25, 0.3) is 0 Å². The van der Waals surface area contributed by atoms with Crippen LogP contribution in [-0.4, -0.2) is 49.1 Å². The maximum Gasteiger partial charge on any atom is 0.251 e. The van der Waals surface area contributed by atoms with Gasteiger partial charge in [-0.05, 0) is 50.4 Å². The highest BCUT2D eigenvalue weighted by Gasteiger charge is 2.31. The van der Waals surface area contributed by atoms with Crippen LogP contribution in [0.4, 0.5) is 0 Å². The van der Waals surface area contributed by atoms with Gasteiger partial charge in [0.2, 0.25) is 5.91 Å². The van der Waals surface area contributed by atoms with Crippen molar-refractivity contribution in [3.05, 3.63) is 0 Å². The maximum atomic E-state index is 12.3. The van der Waals surface area contributed by atoms with Gasteiger partial charge in [-0.25, -0.2) is 0 Å². The van der Waals surface area contributed by atoms with Crippen molar-refractivity contribution in [2.75, 3.05) is 26.2 Å². The number of likely N-dealkylation sites (tertiary alicyclic amines) is 1. The number of carbonyl (C=O) groups excluding carboxylic acids is 2. The van der Waals surface area contributed by atoms with Gasteiger partial charge in [0.05, 0.1) is 0 Å². The van der Waals surface area contributed by atoms with E-state index in [-0.39, 0.29) is 17.9 Å². The van der Waals surface area contributed by atoms with Crippen LogP contribution >= 0.6 is 0 Å². The highest BCUT2D eigenvalue weighted by Crippen LogP contribution is 2.27. The van der Waals surface area contributed by atoms with E-state index in [9.17, 15) is 9.59 Å². The molecule has 0 aromatic rings. The van der Waals surface area contributed by atoms with Crippen molar-refractivity contribution in [3.63, 3.8) is 0 Å². The smallest absolute Gasteiger partial charge is 0.251 e. The van der Waals surface area contributed by atoms with E-state index in [0.29, 0.717) is 18.3 Å². The van der Waals surface area contributed by atoms with Crippen molar-refractivity contribution in [1.29, 1.82) is 0 Å². The van der Waals surface area contributed by atoms with E-state index in [1.54, 1.807) is 0 Å². The van der Waals surface area contributed by atoms with Gasteiger partial charge in [-0.2, -0.15) is 0 Å². The topological polar surface area (TPSA) is 58.6 Å². The predicted octanol–water partition coefficient (Wildman–Crippen LogP) is 2.10. The van der Waals surface area contributed by atoms with Crippen molar-refractivity contribution >= 4 is 11.8 Å². The van der Waals surface area contributed by atoms with Crippen LogP contribution in [0.1, 0.15) is 57.8 Å². The third-order valence-electron chi connectivity index (χ3n) is 5.67. The first kappa shape index (κ1) is 16.7. The minimum absolute atomic E-state index is 0.172. The Hall–Kier alpha value is -1.10. The molecule has 1 N–H and O–H groups in total. The van der Waals surface area contributed by atoms with Gasteiger partial charge < -0.3 is 15.0 Å². The third-order valence-corrected chi connectivity index (χ3v) is 5.67. The van der Waals surface area contributed by atoms with Crippen LogP contribution in [0.15, 0.2) is 0 Å². The van der Waals surface area contributed by atoms with Crippen LogP contribution in [-0.2, 0) is 14.3 Å². The van der Waals surface area contributed by atoms with Crippen molar-refractivity contribution in [2.45, 2.75) is 63.9 Å². The summed E-state index contributed by atoms with van der Waals surface area (Å²) in [6, 6.07) is 0. The normalized spacial score (nSPS) is 26.6. The van der Waals surface area contributed by atoms with Gasteiger partial charge in [0.15, 0.2) is 0 Å². The summed E-state index contributed by atoms with van der Waals surface area (Å²) >= 11 is 0. The number of piperidine rings is 1. The molecule has 1 atom stereocenters. The van der Waals surface area contributed by atoms with Crippen molar-refractivity contribution in [2.24, 2.45) is 11.8 Å². The Kier molecular flexibility index (Phi) is 5.92. The Morgan fingerprint density at radius 2 is 1.70 bits per heavy atom. The fourth-order valence-electron chi connectivity index (χ4n) is 4.14. The van der Waals surface area contributed by atoms with Crippen LogP contribution in [0.2, 0.25) is 0 Å². The maximum absolute atomic E-state index is 12.3. The van der Waals surface area contributed by atoms with Crippen molar-refractivity contribution in [1.82, 2.24) is 10.2 Å². The van der Waals surface area contributed by atoms with Gasteiger partial charge in [0.25, 0.3) is 5.91 Å². The molecule has 2 amide bonds. The molecule has 0 radical (unpaired) electrons. The second-order valence-corrected chi connectivity index (χ2v) is 7.43. The Morgan fingerprint density at radius 1 is 0.957 bits per heavy atom. The summed E-state index contributed by atoms with van der Waals surface area (Å²) in [6.07, 6.45) is 9.37. The summed E-state index contributed by atoms with van der Waals surface area (Å²) < 4.78 is 5.49. The lowest BCUT2D eigenvalue weighted by molar-refractivity contribution is -0.142. The molecule has 3 fully saturated rings. The fourth-order valence-corrected chi connectivity index (χ4v) is 4.14. The van der Waals surface area contributed by atoms with E-state index in [0.717, 1.165) is 51.9 Å². The molecular formula is C18H30N2O3. The number of carbonyl (C=O) groups is 2. The highest BCUT2D eigenvalue weighted by molar-refractivity contribution is 5.81. The SMILES string of the molecule is O=C(CC1CCCC1)NCC1CCN(C(=O)[C@H]2CCCO2)CC1. The molecule has 2 heterocycles. The summed E-state index contributed by atoms with van der Waals surface area (Å²) in [5.41, 5.74) is 0. The van der Waals surface area contributed by atoms with E-state index in [4.69, 9.17) is 4.74 Å². The molecule has 1 saturated carbocycles. The highest BCUT2D eigenvalue weighted by atomic mass is 16.5. The number of nitrogens with one attached hydrogen (secondary N) is 1. The minimum atomic E-state index is -0.197. The zero-order valence-electron chi connectivity index (χ0n) is 14.1. The third kappa shape index (κ3) is 4.69. The molecule has 23 heavy (non-hydrogen) atoms. The van der Waals surface area contributed by atoms with E-state index >= 15 is 0 Å². The summed E-state index contributed by atoms with van der Waals surface area (Å²) in [6.45, 7) is 3.11. The molecule has 0 aromatic heterocycles. The average Bonchev–Trinajstić information content (AvgIpc) is 3.26. The monoisotopic (exact) mass is 322 g/mol. The molecule has 2 aliphatic heterocycles. The summed E-state index contributed by atoms with van der Waals surface area (Å²) in [7, 11) is 0. The first-order chi connectivity index (χ1) is 11.2. The van der Waals surface area contributed by atoms with E-state index in [2.05, 4.69) is 5.32 Å². The molecule has 0 bridgehead atoms. The minimum Gasteiger partial charge on any atom is -0.368 e. The molecule has 3 aliphatic rings. The molecule has 5 heteroatoms. The summed E-state index contributed by atoms with van der Waals surface area (Å²) in [5, 5.41) is 3.11. The van der Waals surface area contributed by atoms with Crippen molar-refractivity contribution < 1.29 is 14.3 Å². The molecule has 130 valence electrons. The lowest BCUT2D eigenvalue weighted by Crippen LogP contribution is -2.45. The second kappa shape index (κ2) is 8.13. The quantitative estimate of drug-likeness (QED) is 0.843. The predicted molar refractivity (Wildman–Crippen MR) is 87.9 cm³/mol. The molecule has 0 unspecified atom stereocenters. The van der Waals surface area contributed by atoms with Gasteiger partial charge in [-0.15, -0.1) is 0 Å². The lowest BCUT2D eigenvalue weighted by Gasteiger charge is -2.33. The number of amides is 2. The molecule has 5 nitrogen and oxygen atoms in total. The molecule has 0 spiro atoms. The van der Waals surface area contributed by atoms with Crippen LogP contribution < -0.4 is 5.32 Å². The first-order valence-electron chi connectivity index (χ1n) is 9.39. The average molecular weight is 322 g/mol. The van der Waals surface area contributed by atoms with Gasteiger partial charge in [-0.1, -0.05) is 12.8 Å². The first-order valence-corrected chi connectivity index (χ1v) is 9.39. The summed E-state index contributed by atoms with van der Waals surface area (Å²) in [4.78, 5) is 26.2. The number of hydrogen-bond acceptors (Lipinski definition) is 3. The molecular weight excluding hydrogens is 292 g/mol. The molecule has 0 aromatic carbocycles. The Labute approximate surface area is 139 Å². The van der Waals surface area contributed by atoms with Gasteiger partial charge >= 0.3 is 0 Å². The van der Waals surface area contributed by atoms with E-state index in [1.165, 1.54) is 25.7 Å². The summed E-state index contributed by atoms with van der Waals surface area (Å²) in [5.74, 6) is 1.51. The molecule has 3 rings (SSSR count). The van der Waals surface area contributed by atoms with Crippen LogP contribution in [0, 0.1) is 11.8 Å². The van der Waals surface area contributed by atoms with Gasteiger partial charge in [0, 0.05) is 32.7 Å². The van der Waals surface area contributed by atoms with Crippen LogP contribution in [0.5, 0.6) is 0 Å². The molecule has 2 saturated heterocycles. The zero-order valence-corrected chi connectivity index (χ0v) is 14.1. The Bertz CT molecular complexity index is 406. The Morgan fingerprint density at radius 3 is 2.35 bits per heavy atom. The molecule has 1 aliphatic carbocycles. The Balaban J connectivity index is 1.32. The number of nitrogens with zero attached hydrogens (tertiary/aromatic N) is 1. The van der Waals surface area contributed by atoms with Gasteiger partial charge in [-0.3, -0.25) is 9.59 Å². The fraction of sp³-hybridized carbons (Fsp3) is 0.889.